The van der Waals surface area contributed by atoms with Crippen LogP contribution in [0.4, 0.5) is 4.79 Å². The van der Waals surface area contributed by atoms with Gasteiger partial charge in [0.1, 0.15) is 0 Å². The van der Waals surface area contributed by atoms with E-state index in [1.54, 1.807) is 18.9 Å². The summed E-state index contributed by atoms with van der Waals surface area (Å²) in [6, 6.07) is -0.443. The standard InChI is InChI=1S/C14H24N2O4/c1-14(12(17)18)7-3-6-11(14)15-13(19)16-8-4-5-10(9-16)20-2/h10-11H,3-9H2,1-2H3,(H,15,19)(H,17,18). The Morgan fingerprint density at radius 2 is 2.10 bits per heavy atom. The molecule has 2 N–H and O–H groups in total. The normalized spacial score (nSPS) is 34.0. The molecule has 0 aromatic rings. The lowest BCUT2D eigenvalue weighted by Crippen LogP contribution is -2.54. The van der Waals surface area contributed by atoms with Crippen LogP contribution in [0.3, 0.4) is 0 Å². The van der Waals surface area contributed by atoms with Crippen molar-refractivity contribution in [1.82, 2.24) is 10.2 Å². The zero-order valence-electron chi connectivity index (χ0n) is 12.2. The molecule has 6 heteroatoms. The molecule has 1 saturated carbocycles. The maximum Gasteiger partial charge on any atom is 0.317 e. The Hall–Kier alpha value is -1.30. The second-order valence-corrected chi connectivity index (χ2v) is 6.06. The second kappa shape index (κ2) is 5.99. The van der Waals surface area contributed by atoms with Gasteiger partial charge in [-0.1, -0.05) is 6.42 Å². The Morgan fingerprint density at radius 3 is 2.75 bits per heavy atom. The molecule has 2 rings (SSSR count). The monoisotopic (exact) mass is 284 g/mol. The number of carbonyl (C=O) groups excluding carboxylic acids is 1. The van der Waals surface area contributed by atoms with Crippen molar-refractivity contribution >= 4 is 12.0 Å². The summed E-state index contributed by atoms with van der Waals surface area (Å²) in [5, 5.41) is 12.3. The van der Waals surface area contributed by atoms with E-state index in [0.29, 0.717) is 19.5 Å². The number of hydrogen-bond acceptors (Lipinski definition) is 3. The fraction of sp³-hybridized carbons (Fsp3) is 0.857. The average molecular weight is 284 g/mol. The highest BCUT2D eigenvalue weighted by Crippen LogP contribution is 2.38. The minimum Gasteiger partial charge on any atom is -0.481 e. The first kappa shape index (κ1) is 15.1. The van der Waals surface area contributed by atoms with Gasteiger partial charge in [0.25, 0.3) is 0 Å². The lowest BCUT2D eigenvalue weighted by Gasteiger charge is -2.35. The highest BCUT2D eigenvalue weighted by Gasteiger charge is 2.46. The number of rotatable bonds is 3. The van der Waals surface area contributed by atoms with Crippen molar-refractivity contribution in [3.8, 4) is 0 Å². The minimum absolute atomic E-state index is 0.0870. The van der Waals surface area contributed by atoms with Crippen molar-refractivity contribution in [3.05, 3.63) is 0 Å². The Morgan fingerprint density at radius 1 is 1.35 bits per heavy atom. The quantitative estimate of drug-likeness (QED) is 0.822. The Kier molecular flexibility index (Phi) is 4.52. The number of nitrogens with one attached hydrogen (secondary N) is 1. The molecule has 1 heterocycles. The number of aliphatic carboxylic acids is 1. The van der Waals surface area contributed by atoms with Crippen LogP contribution in [0, 0.1) is 5.41 Å². The van der Waals surface area contributed by atoms with E-state index in [-0.39, 0.29) is 18.2 Å². The van der Waals surface area contributed by atoms with Crippen molar-refractivity contribution in [2.75, 3.05) is 20.2 Å². The van der Waals surface area contributed by atoms with Gasteiger partial charge < -0.3 is 20.1 Å². The molecular weight excluding hydrogens is 260 g/mol. The van der Waals surface area contributed by atoms with E-state index in [2.05, 4.69) is 5.32 Å². The predicted molar refractivity (Wildman–Crippen MR) is 73.5 cm³/mol. The molecule has 3 unspecified atom stereocenters. The van der Waals surface area contributed by atoms with Crippen molar-refractivity contribution in [2.45, 2.75) is 51.2 Å². The molecule has 2 amide bonds. The Balaban J connectivity index is 1.95. The van der Waals surface area contributed by atoms with Gasteiger partial charge >= 0.3 is 12.0 Å². The lowest BCUT2D eigenvalue weighted by atomic mass is 9.85. The number of methoxy groups -OCH3 is 1. The van der Waals surface area contributed by atoms with Gasteiger partial charge in [-0.25, -0.2) is 4.79 Å². The van der Waals surface area contributed by atoms with Crippen molar-refractivity contribution in [1.29, 1.82) is 0 Å². The smallest absolute Gasteiger partial charge is 0.317 e. The molecule has 0 bridgehead atoms. The van der Waals surface area contributed by atoms with Crippen LogP contribution in [-0.4, -0.2) is 54.4 Å². The van der Waals surface area contributed by atoms with Crippen LogP contribution in [0.1, 0.15) is 39.0 Å². The fourth-order valence-corrected chi connectivity index (χ4v) is 3.21. The van der Waals surface area contributed by atoms with E-state index in [1.165, 1.54) is 0 Å². The van der Waals surface area contributed by atoms with E-state index >= 15 is 0 Å². The average Bonchev–Trinajstić information content (AvgIpc) is 2.81. The highest BCUT2D eigenvalue weighted by molar-refractivity contribution is 5.79. The zero-order chi connectivity index (χ0) is 14.8. The summed E-state index contributed by atoms with van der Waals surface area (Å²) < 4.78 is 5.30. The topological polar surface area (TPSA) is 78.9 Å². The van der Waals surface area contributed by atoms with Crippen LogP contribution in [0.2, 0.25) is 0 Å². The number of carboxylic acids is 1. The summed E-state index contributed by atoms with van der Waals surface area (Å²) >= 11 is 0. The molecule has 0 aromatic carbocycles. The van der Waals surface area contributed by atoms with E-state index in [9.17, 15) is 14.7 Å². The molecule has 1 aliphatic carbocycles. The minimum atomic E-state index is -0.841. The van der Waals surface area contributed by atoms with Crippen LogP contribution in [-0.2, 0) is 9.53 Å². The third-order valence-electron chi connectivity index (χ3n) is 4.74. The summed E-state index contributed by atoms with van der Waals surface area (Å²) in [7, 11) is 1.66. The third kappa shape index (κ3) is 2.90. The van der Waals surface area contributed by atoms with Gasteiger partial charge in [0, 0.05) is 26.2 Å². The summed E-state index contributed by atoms with van der Waals surface area (Å²) in [6.45, 7) is 3.02. The number of ether oxygens (including phenoxy) is 1. The van der Waals surface area contributed by atoms with Gasteiger partial charge in [-0.15, -0.1) is 0 Å². The van der Waals surface area contributed by atoms with Gasteiger partial charge in [0.05, 0.1) is 11.5 Å². The SMILES string of the molecule is COC1CCCN(C(=O)NC2CCCC2(C)C(=O)O)C1. The fourth-order valence-electron chi connectivity index (χ4n) is 3.21. The number of carbonyl (C=O) groups is 2. The van der Waals surface area contributed by atoms with E-state index in [4.69, 9.17) is 4.74 Å². The van der Waals surface area contributed by atoms with E-state index < -0.39 is 11.4 Å². The summed E-state index contributed by atoms with van der Waals surface area (Å²) in [5.41, 5.74) is -0.841. The Labute approximate surface area is 119 Å². The summed E-state index contributed by atoms with van der Waals surface area (Å²) in [5.74, 6) is -0.825. The molecular formula is C14H24N2O4. The number of nitrogens with zero attached hydrogens (tertiary/aromatic N) is 1. The van der Waals surface area contributed by atoms with Gasteiger partial charge in [-0.05, 0) is 32.6 Å². The molecule has 2 fully saturated rings. The van der Waals surface area contributed by atoms with Crippen molar-refractivity contribution in [2.24, 2.45) is 5.41 Å². The van der Waals surface area contributed by atoms with Crippen LogP contribution in [0.25, 0.3) is 0 Å². The number of hydrogen-bond donors (Lipinski definition) is 2. The molecule has 1 aliphatic heterocycles. The first-order chi connectivity index (χ1) is 9.47. The van der Waals surface area contributed by atoms with E-state index in [1.807, 2.05) is 0 Å². The molecule has 0 spiro atoms. The lowest BCUT2D eigenvalue weighted by molar-refractivity contribution is -0.148. The summed E-state index contributed by atoms with van der Waals surface area (Å²) in [4.78, 5) is 25.4. The molecule has 0 aromatic heterocycles. The predicted octanol–water partition coefficient (Wildman–Crippen LogP) is 1.45. The van der Waals surface area contributed by atoms with Crippen LogP contribution in [0.5, 0.6) is 0 Å². The van der Waals surface area contributed by atoms with E-state index in [0.717, 1.165) is 25.7 Å². The van der Waals surface area contributed by atoms with Gasteiger partial charge in [-0.3, -0.25) is 4.79 Å². The molecule has 6 nitrogen and oxygen atoms in total. The van der Waals surface area contributed by atoms with Crippen molar-refractivity contribution < 1.29 is 19.4 Å². The van der Waals surface area contributed by atoms with Gasteiger partial charge in [-0.2, -0.15) is 0 Å². The molecule has 114 valence electrons. The first-order valence-corrected chi connectivity index (χ1v) is 7.29. The maximum absolute atomic E-state index is 12.3. The number of carboxylic acid groups (broad SMARTS) is 1. The number of likely N-dealkylation sites (tertiary alicyclic amines) is 1. The summed E-state index contributed by atoms with van der Waals surface area (Å²) in [6.07, 6.45) is 4.17. The third-order valence-corrected chi connectivity index (χ3v) is 4.74. The van der Waals surface area contributed by atoms with Crippen LogP contribution >= 0.6 is 0 Å². The molecule has 1 saturated heterocycles. The first-order valence-electron chi connectivity index (χ1n) is 7.29. The molecule has 2 aliphatic rings. The molecule has 0 radical (unpaired) electrons. The van der Waals surface area contributed by atoms with Gasteiger partial charge in [0.2, 0.25) is 0 Å². The largest absolute Gasteiger partial charge is 0.481 e. The molecule has 3 atom stereocenters. The second-order valence-electron chi connectivity index (χ2n) is 6.06. The number of piperidine rings is 1. The molecule has 20 heavy (non-hydrogen) atoms. The number of amides is 2. The van der Waals surface area contributed by atoms with Gasteiger partial charge in [0.15, 0.2) is 0 Å². The Bertz CT molecular complexity index is 387. The zero-order valence-corrected chi connectivity index (χ0v) is 12.2. The van der Waals surface area contributed by atoms with Crippen LogP contribution in [0.15, 0.2) is 0 Å². The van der Waals surface area contributed by atoms with Crippen LogP contribution < -0.4 is 5.32 Å². The highest BCUT2D eigenvalue weighted by atomic mass is 16.5. The maximum atomic E-state index is 12.3. The number of urea groups is 1. The van der Waals surface area contributed by atoms with Crippen molar-refractivity contribution in [3.63, 3.8) is 0 Å².